The van der Waals surface area contributed by atoms with Gasteiger partial charge in [-0.25, -0.2) is 9.59 Å². The number of imide groups is 1. The number of rotatable bonds is 5. The van der Waals surface area contributed by atoms with E-state index in [4.69, 9.17) is 4.74 Å². The van der Waals surface area contributed by atoms with Crippen LogP contribution in [0.1, 0.15) is 6.92 Å². The monoisotopic (exact) mass is 367 g/mol. The molecule has 0 atom stereocenters. The molecule has 8 heteroatoms. The highest BCUT2D eigenvalue weighted by Gasteiger charge is 2.38. The molecule has 0 aromatic heterocycles. The van der Waals surface area contributed by atoms with Gasteiger partial charge in [-0.3, -0.25) is 19.4 Å². The number of nitrogens with zero attached hydrogens (tertiary/aromatic N) is 2. The molecule has 8 nitrogen and oxygen atoms in total. The molecule has 1 heterocycles. The first-order chi connectivity index (χ1) is 12.9. The van der Waals surface area contributed by atoms with Crippen LogP contribution in [0.4, 0.5) is 16.2 Å². The van der Waals surface area contributed by atoms with E-state index in [1.807, 2.05) is 0 Å². The molecule has 138 valence electrons. The van der Waals surface area contributed by atoms with Crippen LogP contribution in [0.2, 0.25) is 0 Å². The maximum Gasteiger partial charge on any atom is 0.332 e. The van der Waals surface area contributed by atoms with Gasteiger partial charge in [-0.15, -0.1) is 0 Å². The van der Waals surface area contributed by atoms with E-state index >= 15 is 0 Å². The number of carbonyl (C=O) groups is 4. The van der Waals surface area contributed by atoms with Gasteiger partial charge >= 0.3 is 12.0 Å². The van der Waals surface area contributed by atoms with E-state index in [1.54, 1.807) is 42.5 Å². The Morgan fingerprint density at radius 1 is 1.04 bits per heavy atom. The van der Waals surface area contributed by atoms with Crippen LogP contribution in [0.5, 0.6) is 5.75 Å². The van der Waals surface area contributed by atoms with Crippen molar-refractivity contribution < 1.29 is 23.9 Å². The molecule has 2 aromatic carbocycles. The van der Waals surface area contributed by atoms with Crippen molar-refractivity contribution in [2.75, 3.05) is 23.3 Å². The summed E-state index contributed by atoms with van der Waals surface area (Å²) in [5, 5.41) is 2.59. The van der Waals surface area contributed by atoms with Gasteiger partial charge in [0.05, 0.1) is 0 Å². The third-order valence-electron chi connectivity index (χ3n) is 3.82. The normalized spacial score (nSPS) is 13.7. The van der Waals surface area contributed by atoms with Gasteiger partial charge in [-0.1, -0.05) is 18.2 Å². The minimum atomic E-state index is -0.737. The first-order valence-corrected chi connectivity index (χ1v) is 8.19. The second-order valence-electron chi connectivity index (χ2n) is 5.86. The summed E-state index contributed by atoms with van der Waals surface area (Å²) in [5.74, 6) is -1.18. The molecule has 0 aliphatic carbocycles. The third kappa shape index (κ3) is 4.30. The number of hydrogen-bond donors (Lipinski definition) is 1. The fraction of sp³-hybridized carbons (Fsp3) is 0.158. The summed E-state index contributed by atoms with van der Waals surface area (Å²) in [5.41, 5.74) is 1.14. The highest BCUT2D eigenvalue weighted by atomic mass is 16.5. The van der Waals surface area contributed by atoms with Gasteiger partial charge in [0.15, 0.2) is 0 Å². The molecule has 2 aromatic rings. The molecule has 0 radical (unpaired) electrons. The van der Waals surface area contributed by atoms with E-state index in [9.17, 15) is 19.2 Å². The van der Waals surface area contributed by atoms with Crippen LogP contribution in [0.25, 0.3) is 0 Å². The van der Waals surface area contributed by atoms with Crippen molar-refractivity contribution in [3.63, 3.8) is 0 Å². The van der Waals surface area contributed by atoms with Crippen molar-refractivity contribution in [2.45, 2.75) is 6.92 Å². The van der Waals surface area contributed by atoms with Crippen LogP contribution in [0, 0.1) is 0 Å². The summed E-state index contributed by atoms with van der Waals surface area (Å²) in [7, 11) is 0. The highest BCUT2D eigenvalue weighted by Crippen LogP contribution is 2.21. The zero-order valence-corrected chi connectivity index (χ0v) is 14.5. The molecule has 1 fully saturated rings. The Kier molecular flexibility index (Phi) is 5.16. The second kappa shape index (κ2) is 7.69. The second-order valence-corrected chi connectivity index (χ2v) is 5.86. The van der Waals surface area contributed by atoms with Gasteiger partial charge in [-0.2, -0.15) is 0 Å². The Morgan fingerprint density at radius 3 is 2.33 bits per heavy atom. The number of hydrogen-bond acceptors (Lipinski definition) is 5. The molecule has 1 aliphatic heterocycles. The van der Waals surface area contributed by atoms with Gasteiger partial charge in [0.2, 0.25) is 5.91 Å². The molecule has 3 rings (SSSR count). The summed E-state index contributed by atoms with van der Waals surface area (Å²) in [6, 6.07) is 14.3. The number of anilines is 2. The van der Waals surface area contributed by atoms with Crippen LogP contribution in [-0.2, 0) is 14.4 Å². The Morgan fingerprint density at radius 2 is 1.70 bits per heavy atom. The molecule has 0 bridgehead atoms. The van der Waals surface area contributed by atoms with Gasteiger partial charge in [0, 0.05) is 18.3 Å². The van der Waals surface area contributed by atoms with E-state index in [2.05, 4.69) is 5.32 Å². The maximum absolute atomic E-state index is 12.4. The van der Waals surface area contributed by atoms with Crippen LogP contribution in [0.15, 0.2) is 54.6 Å². The lowest BCUT2D eigenvalue weighted by Gasteiger charge is -2.16. The molecule has 1 saturated heterocycles. The fourth-order valence-electron chi connectivity index (χ4n) is 2.61. The summed E-state index contributed by atoms with van der Waals surface area (Å²) < 4.78 is 5.16. The lowest BCUT2D eigenvalue weighted by molar-refractivity contribution is -0.139. The molecule has 1 aliphatic rings. The largest absolute Gasteiger partial charge is 0.425 e. The van der Waals surface area contributed by atoms with Crippen molar-refractivity contribution in [1.82, 2.24) is 4.90 Å². The van der Waals surface area contributed by atoms with Crippen molar-refractivity contribution in [3.05, 3.63) is 54.6 Å². The molecule has 0 saturated carbocycles. The lowest BCUT2D eigenvalue weighted by Crippen LogP contribution is -2.38. The quantitative estimate of drug-likeness (QED) is 0.495. The highest BCUT2D eigenvalue weighted by molar-refractivity contribution is 6.13. The molecule has 1 N–H and O–H groups in total. The number of nitrogens with one attached hydrogen (secondary N) is 1. The molecular weight excluding hydrogens is 350 g/mol. The number of amides is 4. The number of ether oxygens (including phenoxy) is 1. The van der Waals surface area contributed by atoms with Gasteiger partial charge < -0.3 is 10.1 Å². The standard InChI is InChI=1S/C19H17N3O5/c1-13(23)20-14-7-9-16(10-8-14)27-18(25)12-22-17(24)11-21(19(22)26)15-5-3-2-4-6-15/h2-10H,11-12H2,1H3,(H,20,23). The Hall–Kier alpha value is -3.68. The number of carbonyl (C=O) groups excluding carboxylic acids is 4. The van der Waals surface area contributed by atoms with Gasteiger partial charge in [-0.05, 0) is 36.4 Å². The third-order valence-corrected chi connectivity index (χ3v) is 3.82. The molecule has 27 heavy (non-hydrogen) atoms. The Labute approximate surface area is 155 Å². The van der Waals surface area contributed by atoms with E-state index in [1.165, 1.54) is 24.0 Å². The molecule has 0 spiro atoms. The number of para-hydroxylation sites is 1. The first kappa shape index (κ1) is 18.1. The number of benzene rings is 2. The fourth-order valence-corrected chi connectivity index (χ4v) is 2.61. The summed E-state index contributed by atoms with van der Waals surface area (Å²) in [6.45, 7) is 0.784. The van der Waals surface area contributed by atoms with Crippen molar-refractivity contribution >= 4 is 35.2 Å². The average Bonchev–Trinajstić information content (AvgIpc) is 2.92. The minimum Gasteiger partial charge on any atom is -0.425 e. The Bertz CT molecular complexity index is 880. The summed E-state index contributed by atoms with van der Waals surface area (Å²) in [4.78, 5) is 49.8. The average molecular weight is 367 g/mol. The smallest absolute Gasteiger partial charge is 0.332 e. The summed E-state index contributed by atoms with van der Waals surface area (Å²) >= 11 is 0. The zero-order chi connectivity index (χ0) is 19.4. The predicted molar refractivity (Wildman–Crippen MR) is 97.3 cm³/mol. The number of esters is 1. The summed E-state index contributed by atoms with van der Waals surface area (Å²) in [6.07, 6.45) is 0. The van der Waals surface area contributed by atoms with Crippen LogP contribution < -0.4 is 15.0 Å². The van der Waals surface area contributed by atoms with Crippen LogP contribution in [0.3, 0.4) is 0 Å². The molecular formula is C19H17N3O5. The Balaban J connectivity index is 1.61. The minimum absolute atomic E-state index is 0.123. The van der Waals surface area contributed by atoms with E-state index in [-0.39, 0.29) is 18.2 Å². The van der Waals surface area contributed by atoms with Crippen molar-refractivity contribution in [1.29, 1.82) is 0 Å². The van der Waals surface area contributed by atoms with Crippen molar-refractivity contribution in [3.8, 4) is 5.75 Å². The first-order valence-electron chi connectivity index (χ1n) is 8.19. The number of urea groups is 1. The van der Waals surface area contributed by atoms with Gasteiger partial charge in [0.25, 0.3) is 5.91 Å². The van der Waals surface area contributed by atoms with Crippen LogP contribution >= 0.6 is 0 Å². The van der Waals surface area contributed by atoms with E-state index in [0.717, 1.165) is 4.90 Å². The van der Waals surface area contributed by atoms with Crippen molar-refractivity contribution in [2.24, 2.45) is 0 Å². The van der Waals surface area contributed by atoms with E-state index < -0.39 is 24.5 Å². The van der Waals surface area contributed by atoms with Crippen LogP contribution in [-0.4, -0.2) is 41.8 Å². The zero-order valence-electron chi connectivity index (χ0n) is 14.5. The molecule has 0 unspecified atom stereocenters. The topological polar surface area (TPSA) is 96.0 Å². The van der Waals surface area contributed by atoms with E-state index in [0.29, 0.717) is 11.4 Å². The lowest BCUT2D eigenvalue weighted by atomic mass is 10.3. The maximum atomic E-state index is 12.4. The van der Waals surface area contributed by atoms with Gasteiger partial charge in [0.1, 0.15) is 18.8 Å². The molecule has 4 amide bonds. The predicted octanol–water partition coefficient (Wildman–Crippen LogP) is 2.02. The SMILES string of the molecule is CC(=O)Nc1ccc(OC(=O)CN2C(=O)CN(c3ccccc3)C2=O)cc1.